The van der Waals surface area contributed by atoms with Crippen LogP contribution in [0.2, 0.25) is 0 Å². The molecule has 3 N–H and O–H groups in total. The maximum atomic E-state index is 13.2. The number of nitrogens with one attached hydrogen (secondary N) is 1. The van der Waals surface area contributed by atoms with Crippen LogP contribution in [-0.2, 0) is 4.79 Å². The van der Waals surface area contributed by atoms with Crippen molar-refractivity contribution < 1.29 is 13.6 Å². The number of benzene rings is 1. The molecule has 0 spiro atoms. The molecule has 0 aliphatic heterocycles. The molecule has 0 aliphatic rings. The molecule has 0 saturated carbocycles. The molecule has 0 bridgehead atoms. The first-order valence-electron chi connectivity index (χ1n) is 5.12. The number of nitrogens with zero attached hydrogens (tertiary/aromatic N) is 2. The largest absolute Gasteiger partial charge is 0.370 e. The molecule has 1 amide bonds. The highest BCUT2D eigenvalue weighted by Gasteiger charge is 2.06. The number of amides is 1. The van der Waals surface area contributed by atoms with Gasteiger partial charge in [-0.1, -0.05) is 0 Å². The third-order valence-electron chi connectivity index (χ3n) is 2.07. The summed E-state index contributed by atoms with van der Waals surface area (Å²) < 4.78 is 26.1. The van der Waals surface area contributed by atoms with Gasteiger partial charge in [0.15, 0.2) is 5.96 Å². The van der Waals surface area contributed by atoms with Gasteiger partial charge in [-0.2, -0.15) is 0 Å². The fourth-order valence-corrected chi connectivity index (χ4v) is 1.07. The van der Waals surface area contributed by atoms with Crippen LogP contribution >= 0.6 is 0 Å². The highest BCUT2D eigenvalue weighted by atomic mass is 19.1. The Labute approximate surface area is 103 Å². The molecule has 0 atom stereocenters. The van der Waals surface area contributed by atoms with Crippen molar-refractivity contribution in [2.75, 3.05) is 26.0 Å². The Morgan fingerprint density at radius 3 is 2.72 bits per heavy atom. The lowest BCUT2D eigenvalue weighted by Gasteiger charge is -2.09. The summed E-state index contributed by atoms with van der Waals surface area (Å²) >= 11 is 0. The molecule has 0 fully saturated rings. The van der Waals surface area contributed by atoms with Crippen LogP contribution < -0.4 is 11.1 Å². The molecule has 0 heterocycles. The van der Waals surface area contributed by atoms with E-state index in [1.54, 1.807) is 14.1 Å². The summed E-state index contributed by atoms with van der Waals surface area (Å²) in [5.74, 6) is -1.67. The van der Waals surface area contributed by atoms with Crippen LogP contribution in [0.25, 0.3) is 0 Å². The molecule has 1 aromatic carbocycles. The zero-order chi connectivity index (χ0) is 13.7. The number of nitrogens with two attached hydrogens (primary N) is 1. The number of anilines is 1. The van der Waals surface area contributed by atoms with E-state index in [2.05, 4.69) is 10.3 Å². The Morgan fingerprint density at radius 1 is 1.44 bits per heavy atom. The molecule has 0 saturated heterocycles. The first kappa shape index (κ1) is 13.9. The first-order chi connectivity index (χ1) is 8.40. The predicted molar refractivity (Wildman–Crippen MR) is 65.2 cm³/mol. The number of halogens is 2. The zero-order valence-electron chi connectivity index (χ0n) is 10.1. The number of likely N-dealkylation sites (N-methyl/N-ethyl adjacent to an activating group) is 1. The van der Waals surface area contributed by atoms with Crippen LogP contribution in [0.3, 0.4) is 0 Å². The molecular weight excluding hydrogens is 242 g/mol. The average molecular weight is 256 g/mol. The summed E-state index contributed by atoms with van der Waals surface area (Å²) in [6, 6.07) is 2.91. The molecule has 7 heteroatoms. The number of carbonyl (C=O) groups is 1. The van der Waals surface area contributed by atoms with Crippen LogP contribution in [0, 0.1) is 11.6 Å². The molecule has 1 rings (SSSR count). The maximum absolute atomic E-state index is 13.2. The van der Waals surface area contributed by atoms with Crippen molar-refractivity contribution in [1.82, 2.24) is 4.90 Å². The molecule has 18 heavy (non-hydrogen) atoms. The minimum Gasteiger partial charge on any atom is -0.370 e. The molecular formula is C11H14F2N4O. The lowest BCUT2D eigenvalue weighted by Crippen LogP contribution is -2.28. The smallest absolute Gasteiger partial charge is 0.243 e. The van der Waals surface area contributed by atoms with Gasteiger partial charge in [-0.25, -0.2) is 13.8 Å². The quantitative estimate of drug-likeness (QED) is 0.620. The first-order valence-corrected chi connectivity index (χ1v) is 5.12. The van der Waals surface area contributed by atoms with Crippen LogP contribution in [0.1, 0.15) is 0 Å². The van der Waals surface area contributed by atoms with E-state index in [0.29, 0.717) is 0 Å². The van der Waals surface area contributed by atoms with Crippen LogP contribution in [-0.4, -0.2) is 37.4 Å². The van der Waals surface area contributed by atoms with Gasteiger partial charge in [-0.15, -0.1) is 0 Å². The van der Waals surface area contributed by atoms with Gasteiger partial charge in [0.2, 0.25) is 5.91 Å². The third kappa shape index (κ3) is 4.00. The second-order valence-electron chi connectivity index (χ2n) is 3.74. The minimum absolute atomic E-state index is 0.131. The number of guanidine groups is 1. The van der Waals surface area contributed by atoms with Gasteiger partial charge in [0.25, 0.3) is 0 Å². The number of carbonyl (C=O) groups excluding carboxylic acids is 1. The van der Waals surface area contributed by atoms with E-state index >= 15 is 0 Å². The summed E-state index contributed by atoms with van der Waals surface area (Å²) in [4.78, 5) is 16.3. The molecule has 98 valence electrons. The number of aliphatic imine (C=N–C) groups is 1. The van der Waals surface area contributed by atoms with Crippen molar-refractivity contribution in [1.29, 1.82) is 0 Å². The summed E-state index contributed by atoms with van der Waals surface area (Å²) in [6.07, 6.45) is 0. The Morgan fingerprint density at radius 2 is 2.11 bits per heavy atom. The van der Waals surface area contributed by atoms with E-state index in [9.17, 15) is 13.6 Å². The van der Waals surface area contributed by atoms with E-state index in [1.807, 2.05) is 0 Å². The Kier molecular flexibility index (Phi) is 4.59. The van der Waals surface area contributed by atoms with Crippen molar-refractivity contribution >= 4 is 17.6 Å². The van der Waals surface area contributed by atoms with Crippen molar-refractivity contribution in [3.05, 3.63) is 29.8 Å². The van der Waals surface area contributed by atoms with Gasteiger partial charge in [0.1, 0.15) is 18.2 Å². The Balaban J connectivity index is 2.69. The van der Waals surface area contributed by atoms with Gasteiger partial charge in [-0.05, 0) is 12.1 Å². The Hall–Kier alpha value is -2.18. The molecule has 0 unspecified atom stereocenters. The van der Waals surface area contributed by atoms with E-state index in [1.165, 1.54) is 4.90 Å². The summed E-state index contributed by atoms with van der Waals surface area (Å²) in [5, 5.41) is 2.39. The lowest BCUT2D eigenvalue weighted by atomic mass is 10.3. The van der Waals surface area contributed by atoms with E-state index in [-0.39, 0.29) is 24.1 Å². The molecule has 1 aromatic rings. The number of rotatable bonds is 3. The highest BCUT2D eigenvalue weighted by Crippen LogP contribution is 2.14. The molecule has 0 aliphatic carbocycles. The molecule has 0 aromatic heterocycles. The molecule has 0 radical (unpaired) electrons. The zero-order valence-corrected chi connectivity index (χ0v) is 10.1. The topological polar surface area (TPSA) is 70.7 Å². The van der Waals surface area contributed by atoms with Crippen LogP contribution in [0.15, 0.2) is 23.2 Å². The summed E-state index contributed by atoms with van der Waals surface area (Å²) in [6.45, 7) is -0.164. The van der Waals surface area contributed by atoms with Crippen LogP contribution in [0.5, 0.6) is 0 Å². The normalized spacial score (nSPS) is 11.2. The summed E-state index contributed by atoms with van der Waals surface area (Å²) in [5.41, 5.74) is 5.32. The van der Waals surface area contributed by atoms with Gasteiger partial charge in [0, 0.05) is 20.2 Å². The van der Waals surface area contributed by atoms with Crippen molar-refractivity contribution in [2.45, 2.75) is 0 Å². The van der Waals surface area contributed by atoms with Crippen molar-refractivity contribution in [3.8, 4) is 0 Å². The second kappa shape index (κ2) is 5.95. The van der Waals surface area contributed by atoms with Gasteiger partial charge in [0.05, 0.1) is 5.69 Å². The second-order valence-corrected chi connectivity index (χ2v) is 3.74. The minimum atomic E-state index is -0.659. The van der Waals surface area contributed by atoms with Crippen molar-refractivity contribution in [3.63, 3.8) is 0 Å². The fraction of sp³-hybridized carbons (Fsp3) is 0.273. The highest BCUT2D eigenvalue weighted by molar-refractivity contribution is 5.93. The van der Waals surface area contributed by atoms with E-state index in [0.717, 1.165) is 18.2 Å². The molecule has 5 nitrogen and oxygen atoms in total. The Bertz CT molecular complexity index is 474. The fourth-order valence-electron chi connectivity index (χ4n) is 1.07. The lowest BCUT2D eigenvalue weighted by molar-refractivity contribution is -0.127. The average Bonchev–Trinajstić information content (AvgIpc) is 2.30. The van der Waals surface area contributed by atoms with Gasteiger partial charge in [-0.3, -0.25) is 4.79 Å². The third-order valence-corrected chi connectivity index (χ3v) is 2.07. The number of hydrogen-bond acceptors (Lipinski definition) is 2. The van der Waals surface area contributed by atoms with E-state index < -0.39 is 11.6 Å². The predicted octanol–water partition coefficient (Wildman–Crippen LogP) is 0.780. The monoisotopic (exact) mass is 256 g/mol. The van der Waals surface area contributed by atoms with Gasteiger partial charge >= 0.3 is 0 Å². The summed E-state index contributed by atoms with van der Waals surface area (Å²) in [7, 11) is 3.15. The maximum Gasteiger partial charge on any atom is 0.243 e. The van der Waals surface area contributed by atoms with Crippen LogP contribution in [0.4, 0.5) is 14.5 Å². The standard InChI is InChI=1S/C11H14F2N4O/c1-17(2)10(18)6-15-11(14)16-9-5-7(12)3-4-8(9)13/h3-5H,6H2,1-2H3,(H3,14,15,16). The van der Waals surface area contributed by atoms with E-state index in [4.69, 9.17) is 5.73 Å². The SMILES string of the molecule is CN(C)C(=O)CN=C(N)Nc1cc(F)ccc1F. The number of hydrogen-bond donors (Lipinski definition) is 2. The van der Waals surface area contributed by atoms with Crippen molar-refractivity contribution in [2.24, 2.45) is 10.7 Å². The van der Waals surface area contributed by atoms with Gasteiger partial charge < -0.3 is 16.0 Å².